The molecule has 0 atom stereocenters. The lowest BCUT2D eigenvalue weighted by molar-refractivity contribution is -0.923. The molecule has 118 valence electrons. The first-order valence-corrected chi connectivity index (χ1v) is 7.98. The maximum absolute atomic E-state index is 11.2. The molecule has 1 aliphatic rings. The van der Waals surface area contributed by atoms with Crippen LogP contribution in [0.5, 0.6) is 0 Å². The quantitative estimate of drug-likeness (QED) is 0.473. The van der Waals surface area contributed by atoms with Crippen LogP contribution in [-0.2, 0) is 25.9 Å². The van der Waals surface area contributed by atoms with Gasteiger partial charge in [0.25, 0.3) is 0 Å². The fourth-order valence-corrected chi connectivity index (χ4v) is 2.21. The van der Waals surface area contributed by atoms with Gasteiger partial charge in [-0.15, -0.1) is 0 Å². The average Bonchev–Trinajstić information content (AvgIpc) is 2.43. The molecule has 1 aromatic carbocycles. The molecule has 21 heavy (non-hydrogen) atoms. The van der Waals surface area contributed by atoms with Crippen molar-refractivity contribution in [2.24, 2.45) is 0 Å². The predicted molar refractivity (Wildman–Crippen MR) is 77.0 cm³/mol. The smallest absolute Gasteiger partial charge is 0.217 e. The molecule has 0 bridgehead atoms. The number of carbonyl (C=O) groups excluding carboxylic acids is 1. The molecule has 1 heterocycles. The Morgan fingerprint density at radius 2 is 1.67 bits per heavy atom. The Kier molecular flexibility index (Phi) is 6.47. The summed E-state index contributed by atoms with van der Waals surface area (Å²) in [5.41, 5.74) is 1.37. The molecule has 0 radical (unpaired) electrons. The van der Waals surface area contributed by atoms with Crippen molar-refractivity contribution in [3.8, 4) is 0 Å². The monoisotopic (exact) mass is 315 g/mol. The van der Waals surface area contributed by atoms with Crippen molar-refractivity contribution in [3.63, 3.8) is 0 Å². The highest BCUT2D eigenvalue weighted by atomic mass is 32.3. The van der Waals surface area contributed by atoms with Gasteiger partial charge in [-0.1, -0.05) is 30.3 Å². The van der Waals surface area contributed by atoms with E-state index in [1.807, 2.05) is 6.07 Å². The number of ketones is 1. The van der Waals surface area contributed by atoms with Crippen LogP contribution in [0.15, 0.2) is 30.3 Å². The molecule has 0 saturated carbocycles. The molecule has 7 heteroatoms. The van der Waals surface area contributed by atoms with Gasteiger partial charge in [0.1, 0.15) is 12.3 Å². The zero-order chi connectivity index (χ0) is 15.9. The zero-order valence-corrected chi connectivity index (χ0v) is 13.1. The summed E-state index contributed by atoms with van der Waals surface area (Å²) < 4.78 is 32.0. The summed E-state index contributed by atoms with van der Waals surface area (Å²) in [6.07, 6.45) is 1.51. The Morgan fingerprint density at radius 1 is 1.19 bits per heavy atom. The number of nitrogens with zero attached hydrogens (tertiary/aromatic N) is 1. The second kappa shape index (κ2) is 7.65. The van der Waals surface area contributed by atoms with E-state index < -0.39 is 10.4 Å². The second-order valence-corrected chi connectivity index (χ2v) is 6.47. The Morgan fingerprint density at radius 3 is 2.10 bits per heavy atom. The molecule has 0 unspecified atom stereocenters. The summed E-state index contributed by atoms with van der Waals surface area (Å²) in [4.78, 5) is 11.2. The largest absolute Gasteiger partial charge is 0.726 e. The Bertz CT molecular complexity index is 546. The number of Topliss-reactive ketones (excluding diaryl/α,β-unsaturated/α-hetero) is 1. The molecule has 1 saturated heterocycles. The van der Waals surface area contributed by atoms with Crippen molar-refractivity contribution in [1.82, 2.24) is 0 Å². The number of rotatable bonds is 3. The normalized spacial score (nSPS) is 17.8. The predicted octanol–water partition coefficient (Wildman–Crippen LogP) is 1.09. The highest BCUT2D eigenvalue weighted by Crippen LogP contribution is 2.18. The average molecular weight is 315 g/mol. The van der Waals surface area contributed by atoms with Crippen molar-refractivity contribution in [3.05, 3.63) is 35.9 Å². The highest BCUT2D eigenvalue weighted by molar-refractivity contribution is 7.80. The topological polar surface area (TPSA) is 83.5 Å². The lowest BCUT2D eigenvalue weighted by Gasteiger charge is -2.37. The molecule has 2 rings (SSSR count). The summed E-state index contributed by atoms with van der Waals surface area (Å²) in [7, 11) is -1.35. The van der Waals surface area contributed by atoms with E-state index in [2.05, 4.69) is 35.5 Å². The van der Waals surface area contributed by atoms with Crippen molar-refractivity contribution in [1.29, 1.82) is 0 Å². The third-order valence-electron chi connectivity index (χ3n) is 3.47. The minimum absolute atomic E-state index is 0.429. The lowest BCUT2D eigenvalue weighted by Crippen LogP contribution is -2.49. The number of hydrogen-bond donors (Lipinski definition) is 0. The summed E-state index contributed by atoms with van der Waals surface area (Å²) in [6, 6.07) is 10.5. The Labute approximate surface area is 125 Å². The molecule has 0 amide bonds. The van der Waals surface area contributed by atoms with E-state index in [-0.39, 0.29) is 0 Å². The van der Waals surface area contributed by atoms with E-state index in [0.29, 0.717) is 5.78 Å². The molecule has 1 aliphatic heterocycles. The number of quaternary nitrogens is 1. The van der Waals surface area contributed by atoms with E-state index in [1.165, 1.54) is 5.56 Å². The Balaban J connectivity index is 0.000000315. The van der Waals surface area contributed by atoms with E-state index >= 15 is 0 Å². The maximum atomic E-state index is 11.2. The van der Waals surface area contributed by atoms with Crippen LogP contribution in [0.25, 0.3) is 0 Å². The van der Waals surface area contributed by atoms with Crippen molar-refractivity contribution < 1.29 is 26.4 Å². The van der Waals surface area contributed by atoms with Gasteiger partial charge in [-0.25, -0.2) is 8.42 Å². The van der Waals surface area contributed by atoms with Gasteiger partial charge in [0.2, 0.25) is 10.4 Å². The van der Waals surface area contributed by atoms with Crippen LogP contribution < -0.4 is 0 Å². The molecule has 1 aromatic rings. The first kappa shape index (κ1) is 17.8. The minimum atomic E-state index is -4.41. The number of benzene rings is 1. The van der Waals surface area contributed by atoms with Crippen molar-refractivity contribution >= 4 is 16.2 Å². The molecular weight excluding hydrogens is 294 g/mol. The van der Waals surface area contributed by atoms with Crippen LogP contribution >= 0.6 is 0 Å². The van der Waals surface area contributed by atoms with Crippen LogP contribution in [0.2, 0.25) is 0 Å². The fraction of sp³-hybridized carbons (Fsp3) is 0.500. The summed E-state index contributed by atoms with van der Waals surface area (Å²) >= 11 is 0. The summed E-state index contributed by atoms with van der Waals surface area (Å²) in [5, 5.41) is 0. The zero-order valence-electron chi connectivity index (χ0n) is 12.3. The van der Waals surface area contributed by atoms with Crippen molar-refractivity contribution in [2.75, 3.05) is 27.2 Å². The molecule has 6 nitrogen and oxygen atoms in total. The SMILES string of the molecule is COS(=O)(=O)[O-].C[N+]1(Cc2ccccc2)CCC(=O)CC1. The van der Waals surface area contributed by atoms with Gasteiger partial charge in [-0.05, 0) is 0 Å². The van der Waals surface area contributed by atoms with Crippen LogP contribution in [0.4, 0.5) is 0 Å². The molecule has 0 aliphatic carbocycles. The number of carbonyl (C=O) groups is 1. The lowest BCUT2D eigenvalue weighted by atomic mass is 10.1. The second-order valence-electron chi connectivity index (χ2n) is 5.32. The Hall–Kier alpha value is -1.28. The molecule has 0 N–H and O–H groups in total. The minimum Gasteiger partial charge on any atom is -0.726 e. The van der Waals surface area contributed by atoms with Gasteiger partial charge in [0, 0.05) is 5.56 Å². The van der Waals surface area contributed by atoms with E-state index in [4.69, 9.17) is 0 Å². The van der Waals surface area contributed by atoms with Crippen LogP contribution in [0, 0.1) is 0 Å². The standard InChI is InChI=1S/C13H18NO.CH4O4S/c1-14(9-7-13(15)8-10-14)11-12-5-3-2-4-6-12;1-5-6(2,3)4/h2-6H,7-11H2,1H3;1H3,(H,2,3,4)/q+1;/p-1. The van der Waals surface area contributed by atoms with Crippen molar-refractivity contribution in [2.45, 2.75) is 19.4 Å². The maximum Gasteiger partial charge on any atom is 0.217 e. The van der Waals surface area contributed by atoms with Gasteiger partial charge in [-0.2, -0.15) is 0 Å². The number of likely N-dealkylation sites (tertiary alicyclic amines) is 1. The van der Waals surface area contributed by atoms with E-state index in [1.54, 1.807) is 0 Å². The molecule has 1 fully saturated rings. The number of hydrogen-bond acceptors (Lipinski definition) is 5. The third-order valence-corrected chi connectivity index (χ3v) is 3.88. The first-order chi connectivity index (χ1) is 9.74. The molecule has 0 aromatic heterocycles. The molecule has 0 spiro atoms. The summed E-state index contributed by atoms with van der Waals surface area (Å²) in [6.45, 7) is 3.04. The fourth-order valence-electron chi connectivity index (χ4n) is 2.21. The van der Waals surface area contributed by atoms with Crippen LogP contribution in [0.3, 0.4) is 0 Å². The van der Waals surface area contributed by atoms with Gasteiger partial charge in [0.15, 0.2) is 0 Å². The van der Waals surface area contributed by atoms with E-state index in [9.17, 15) is 17.8 Å². The number of piperidine rings is 1. The highest BCUT2D eigenvalue weighted by Gasteiger charge is 2.28. The van der Waals surface area contributed by atoms with Gasteiger partial charge >= 0.3 is 0 Å². The van der Waals surface area contributed by atoms with Gasteiger partial charge in [0.05, 0.1) is 40.1 Å². The van der Waals surface area contributed by atoms with Gasteiger partial charge in [-0.3, -0.25) is 8.98 Å². The first-order valence-electron chi connectivity index (χ1n) is 6.65. The molecular formula is C14H21NO5S. The van der Waals surface area contributed by atoms with Crippen LogP contribution in [-0.4, -0.2) is 50.5 Å². The summed E-state index contributed by atoms with van der Waals surface area (Å²) in [5.74, 6) is 0.429. The van der Waals surface area contributed by atoms with Gasteiger partial charge < -0.3 is 9.04 Å². The third kappa shape index (κ3) is 7.33. The van der Waals surface area contributed by atoms with Crippen LogP contribution in [0.1, 0.15) is 18.4 Å². The van der Waals surface area contributed by atoms with E-state index in [0.717, 1.165) is 44.1 Å².